The maximum Gasteiger partial charge on any atom is 0.147 e. The van der Waals surface area contributed by atoms with Crippen LogP contribution in [0.3, 0.4) is 0 Å². The molecule has 0 atom stereocenters. The van der Waals surface area contributed by atoms with E-state index in [9.17, 15) is 0 Å². The fourth-order valence-electron chi connectivity index (χ4n) is 2.02. The molecule has 0 fully saturated rings. The van der Waals surface area contributed by atoms with Crippen molar-refractivity contribution in [2.45, 2.75) is 20.4 Å². The third-order valence-corrected chi connectivity index (χ3v) is 3.51. The summed E-state index contributed by atoms with van der Waals surface area (Å²) in [5, 5.41) is 13.6. The topological polar surface area (TPSA) is 61.4 Å². The fraction of sp³-hybridized carbons (Fsp3) is 0.231. The maximum atomic E-state index is 6.16. The molecule has 0 spiro atoms. The highest BCUT2D eigenvalue weighted by Gasteiger charge is 2.09. The quantitative estimate of drug-likeness (QED) is 0.743. The van der Waals surface area contributed by atoms with Crippen molar-refractivity contribution in [1.82, 2.24) is 29.8 Å². The second kappa shape index (κ2) is 5.46. The first-order valence-corrected chi connectivity index (χ1v) is 7.03. The molecule has 1 aromatic carbocycles. The van der Waals surface area contributed by atoms with Crippen LogP contribution in [0.1, 0.15) is 17.3 Å². The van der Waals surface area contributed by atoms with Gasteiger partial charge in [0.25, 0.3) is 0 Å². The van der Waals surface area contributed by atoms with E-state index in [-0.39, 0.29) is 0 Å². The Kier molecular flexibility index (Phi) is 3.65. The monoisotopic (exact) mass is 322 g/mol. The number of benzene rings is 1. The van der Waals surface area contributed by atoms with Crippen molar-refractivity contribution in [1.29, 1.82) is 0 Å². The lowest BCUT2D eigenvalue weighted by molar-refractivity contribution is 0.642. The number of aryl methyl sites for hydroxylation is 2. The molecule has 0 aliphatic carbocycles. The number of rotatable bonds is 3. The van der Waals surface area contributed by atoms with E-state index in [1.54, 1.807) is 27.6 Å². The molecule has 0 saturated heterocycles. The van der Waals surface area contributed by atoms with Gasteiger partial charge in [-0.2, -0.15) is 5.10 Å². The first-order valence-electron chi connectivity index (χ1n) is 6.27. The van der Waals surface area contributed by atoms with E-state index >= 15 is 0 Å². The highest BCUT2D eigenvalue weighted by molar-refractivity contribution is 6.35. The van der Waals surface area contributed by atoms with Crippen LogP contribution in [0.2, 0.25) is 10.0 Å². The number of hydrogen-bond donors (Lipinski definition) is 0. The minimum Gasteiger partial charge on any atom is -0.244 e. The van der Waals surface area contributed by atoms with Crippen LogP contribution in [0.15, 0.2) is 24.4 Å². The van der Waals surface area contributed by atoms with Gasteiger partial charge in [-0.1, -0.05) is 28.4 Å². The molecule has 0 N–H and O–H groups in total. The molecule has 2 aromatic heterocycles. The normalized spacial score (nSPS) is 11.0. The number of hydrogen-bond acceptors (Lipinski definition) is 4. The van der Waals surface area contributed by atoms with E-state index in [1.165, 1.54) is 0 Å². The standard InChI is InChI=1S/C13H12Cl2N6/c1-8-16-9(2)20(18-8)6-11-7-21(19-17-11)13-4-3-10(14)5-12(13)15/h3-5,7H,6H2,1-2H3. The van der Waals surface area contributed by atoms with Crippen molar-refractivity contribution < 1.29 is 0 Å². The van der Waals surface area contributed by atoms with Crippen molar-refractivity contribution in [2.24, 2.45) is 0 Å². The summed E-state index contributed by atoms with van der Waals surface area (Å²) in [5.74, 6) is 1.58. The fourth-order valence-corrected chi connectivity index (χ4v) is 2.52. The molecule has 0 bridgehead atoms. The molecule has 3 rings (SSSR count). The van der Waals surface area contributed by atoms with E-state index in [0.717, 1.165) is 23.0 Å². The van der Waals surface area contributed by atoms with Crippen LogP contribution >= 0.6 is 23.2 Å². The van der Waals surface area contributed by atoms with Gasteiger partial charge in [-0.05, 0) is 32.0 Å². The Bertz CT molecular complexity index is 792. The summed E-state index contributed by atoms with van der Waals surface area (Å²) in [5.41, 5.74) is 1.50. The first kappa shape index (κ1) is 14.0. The highest BCUT2D eigenvalue weighted by atomic mass is 35.5. The van der Waals surface area contributed by atoms with Crippen LogP contribution in [0.4, 0.5) is 0 Å². The average Bonchev–Trinajstić information content (AvgIpc) is 2.97. The summed E-state index contributed by atoms with van der Waals surface area (Å²) in [7, 11) is 0. The summed E-state index contributed by atoms with van der Waals surface area (Å²) < 4.78 is 3.40. The van der Waals surface area contributed by atoms with Gasteiger partial charge in [0.2, 0.25) is 0 Å². The minimum absolute atomic E-state index is 0.512. The lowest BCUT2D eigenvalue weighted by atomic mass is 10.3. The van der Waals surface area contributed by atoms with E-state index in [1.807, 2.05) is 20.0 Å². The summed E-state index contributed by atoms with van der Waals surface area (Å²) in [6.45, 7) is 4.27. The molecule has 0 amide bonds. The Labute approximate surface area is 131 Å². The Balaban J connectivity index is 1.88. The van der Waals surface area contributed by atoms with Crippen molar-refractivity contribution in [3.8, 4) is 5.69 Å². The largest absolute Gasteiger partial charge is 0.244 e. The Morgan fingerprint density at radius 2 is 2.00 bits per heavy atom. The third-order valence-electron chi connectivity index (χ3n) is 2.97. The van der Waals surface area contributed by atoms with Crippen LogP contribution in [0.25, 0.3) is 5.69 Å². The van der Waals surface area contributed by atoms with Crippen LogP contribution in [-0.2, 0) is 6.54 Å². The molecule has 108 valence electrons. The van der Waals surface area contributed by atoms with Gasteiger partial charge in [0.15, 0.2) is 0 Å². The molecule has 0 aliphatic rings. The predicted molar refractivity (Wildman–Crippen MR) is 80.0 cm³/mol. The van der Waals surface area contributed by atoms with Crippen molar-refractivity contribution in [3.63, 3.8) is 0 Å². The molecule has 0 radical (unpaired) electrons. The molecule has 0 unspecified atom stereocenters. The Morgan fingerprint density at radius 1 is 1.19 bits per heavy atom. The second-order valence-corrected chi connectivity index (χ2v) is 5.46. The third kappa shape index (κ3) is 2.91. The van der Waals surface area contributed by atoms with E-state index in [0.29, 0.717) is 16.6 Å². The summed E-state index contributed by atoms with van der Waals surface area (Å²) in [6, 6.07) is 5.23. The molecular formula is C13H12Cl2N6. The van der Waals surface area contributed by atoms with Gasteiger partial charge in [-0.15, -0.1) is 5.10 Å². The van der Waals surface area contributed by atoms with E-state index in [2.05, 4.69) is 20.4 Å². The zero-order valence-corrected chi connectivity index (χ0v) is 13.0. The van der Waals surface area contributed by atoms with Gasteiger partial charge in [0.05, 0.1) is 23.5 Å². The summed E-state index contributed by atoms with van der Waals surface area (Å²) in [4.78, 5) is 4.26. The first-order chi connectivity index (χ1) is 10.0. The minimum atomic E-state index is 0.512. The molecule has 21 heavy (non-hydrogen) atoms. The van der Waals surface area contributed by atoms with Crippen LogP contribution in [0, 0.1) is 13.8 Å². The predicted octanol–water partition coefficient (Wildman–Crippen LogP) is 2.83. The van der Waals surface area contributed by atoms with Gasteiger partial charge in [0.1, 0.15) is 17.3 Å². The Morgan fingerprint density at radius 3 is 2.67 bits per heavy atom. The highest BCUT2D eigenvalue weighted by Crippen LogP contribution is 2.23. The SMILES string of the molecule is Cc1nc(C)n(Cc2cn(-c3ccc(Cl)cc3Cl)nn2)n1. The summed E-state index contributed by atoms with van der Waals surface area (Å²) in [6.07, 6.45) is 1.81. The molecule has 0 aliphatic heterocycles. The maximum absolute atomic E-state index is 6.16. The van der Waals surface area contributed by atoms with Gasteiger partial charge >= 0.3 is 0 Å². The number of halogens is 2. The number of aromatic nitrogens is 6. The van der Waals surface area contributed by atoms with E-state index in [4.69, 9.17) is 23.2 Å². The van der Waals surface area contributed by atoms with Crippen molar-refractivity contribution >= 4 is 23.2 Å². The average molecular weight is 323 g/mol. The van der Waals surface area contributed by atoms with Gasteiger partial charge in [0, 0.05) is 5.02 Å². The summed E-state index contributed by atoms with van der Waals surface area (Å²) >= 11 is 12.0. The second-order valence-electron chi connectivity index (χ2n) is 4.61. The molecule has 0 saturated carbocycles. The lowest BCUT2D eigenvalue weighted by Crippen LogP contribution is -2.04. The molecule has 6 nitrogen and oxygen atoms in total. The molecule has 3 aromatic rings. The van der Waals surface area contributed by atoms with E-state index < -0.39 is 0 Å². The molecule has 8 heteroatoms. The zero-order valence-electron chi connectivity index (χ0n) is 11.5. The Hall–Kier alpha value is -1.92. The van der Waals surface area contributed by atoms with Crippen LogP contribution < -0.4 is 0 Å². The van der Waals surface area contributed by atoms with Crippen molar-refractivity contribution in [3.05, 3.63) is 51.8 Å². The van der Waals surface area contributed by atoms with Gasteiger partial charge < -0.3 is 0 Å². The van der Waals surface area contributed by atoms with Crippen molar-refractivity contribution in [2.75, 3.05) is 0 Å². The smallest absolute Gasteiger partial charge is 0.147 e. The van der Waals surface area contributed by atoms with Crippen LogP contribution in [-0.4, -0.2) is 29.8 Å². The van der Waals surface area contributed by atoms with Gasteiger partial charge in [-0.3, -0.25) is 0 Å². The van der Waals surface area contributed by atoms with Crippen LogP contribution in [0.5, 0.6) is 0 Å². The van der Waals surface area contributed by atoms with Gasteiger partial charge in [-0.25, -0.2) is 14.3 Å². The molecule has 2 heterocycles. The molecular weight excluding hydrogens is 311 g/mol. The number of nitrogens with zero attached hydrogens (tertiary/aromatic N) is 6. The zero-order chi connectivity index (χ0) is 15.0. The lowest BCUT2D eigenvalue weighted by Gasteiger charge is -2.03.